The zero-order chi connectivity index (χ0) is 17.1. The second-order valence-electron chi connectivity index (χ2n) is 6.76. The van der Waals surface area contributed by atoms with Gasteiger partial charge in [-0.15, -0.1) is 11.3 Å². The van der Waals surface area contributed by atoms with E-state index in [0.29, 0.717) is 18.6 Å². The first kappa shape index (κ1) is 17.5. The second-order valence-corrected chi connectivity index (χ2v) is 7.79. The molecule has 2 N–H and O–H groups in total. The summed E-state index contributed by atoms with van der Waals surface area (Å²) in [6.45, 7) is 4.55. The Kier molecular flexibility index (Phi) is 5.64. The summed E-state index contributed by atoms with van der Waals surface area (Å²) >= 11 is 1.68. The van der Waals surface area contributed by atoms with Crippen LogP contribution in [0.15, 0.2) is 24.3 Å². The molecule has 1 heterocycles. The zero-order valence-electron chi connectivity index (χ0n) is 14.3. The van der Waals surface area contributed by atoms with Crippen molar-refractivity contribution in [3.8, 4) is 10.6 Å². The van der Waals surface area contributed by atoms with Gasteiger partial charge < -0.3 is 10.4 Å². The van der Waals surface area contributed by atoms with Crippen molar-refractivity contribution >= 4 is 11.3 Å². The largest absolute Gasteiger partial charge is 0.396 e. The molecule has 0 spiro atoms. The molecule has 5 heteroatoms. The molecule has 1 aliphatic carbocycles. The number of rotatable bonds is 5. The SMILES string of the molecule is Cc1nc(-c2ccc(F)cc2)sc1C(C)NC1CCC(CO)CC1. The first-order valence-corrected chi connectivity index (χ1v) is 9.48. The van der Waals surface area contributed by atoms with Crippen LogP contribution in [0.1, 0.15) is 49.2 Å². The van der Waals surface area contributed by atoms with Gasteiger partial charge in [0.1, 0.15) is 10.8 Å². The number of benzene rings is 1. The van der Waals surface area contributed by atoms with E-state index in [2.05, 4.69) is 17.2 Å². The highest BCUT2D eigenvalue weighted by molar-refractivity contribution is 7.15. The molecule has 24 heavy (non-hydrogen) atoms. The van der Waals surface area contributed by atoms with Gasteiger partial charge in [0.2, 0.25) is 0 Å². The van der Waals surface area contributed by atoms with Crippen molar-refractivity contribution in [2.24, 2.45) is 5.92 Å². The Morgan fingerprint density at radius 3 is 2.54 bits per heavy atom. The minimum absolute atomic E-state index is 0.222. The van der Waals surface area contributed by atoms with Crippen LogP contribution in [0.4, 0.5) is 4.39 Å². The lowest BCUT2D eigenvalue weighted by Crippen LogP contribution is -2.35. The molecular formula is C19H25FN2OS. The predicted octanol–water partition coefficient (Wildman–Crippen LogP) is 4.46. The van der Waals surface area contributed by atoms with Gasteiger partial charge in [-0.25, -0.2) is 9.37 Å². The number of aliphatic hydroxyl groups excluding tert-OH is 1. The van der Waals surface area contributed by atoms with Gasteiger partial charge in [0.25, 0.3) is 0 Å². The highest BCUT2D eigenvalue weighted by Gasteiger charge is 2.23. The van der Waals surface area contributed by atoms with Gasteiger partial charge >= 0.3 is 0 Å². The summed E-state index contributed by atoms with van der Waals surface area (Å²) in [6, 6.07) is 7.29. The predicted molar refractivity (Wildman–Crippen MR) is 96.6 cm³/mol. The van der Waals surface area contributed by atoms with Crippen molar-refractivity contribution in [2.45, 2.75) is 51.6 Å². The topological polar surface area (TPSA) is 45.2 Å². The number of hydrogen-bond acceptors (Lipinski definition) is 4. The van der Waals surface area contributed by atoms with E-state index in [4.69, 9.17) is 0 Å². The summed E-state index contributed by atoms with van der Waals surface area (Å²) in [5, 5.41) is 13.9. The normalized spacial score (nSPS) is 22.5. The van der Waals surface area contributed by atoms with Crippen LogP contribution < -0.4 is 5.32 Å². The van der Waals surface area contributed by atoms with Crippen molar-refractivity contribution in [3.63, 3.8) is 0 Å². The smallest absolute Gasteiger partial charge is 0.123 e. The summed E-state index contributed by atoms with van der Waals surface area (Å²) in [7, 11) is 0. The number of nitrogens with zero attached hydrogens (tertiary/aromatic N) is 1. The maximum Gasteiger partial charge on any atom is 0.123 e. The van der Waals surface area contributed by atoms with Crippen LogP contribution >= 0.6 is 11.3 Å². The fourth-order valence-corrected chi connectivity index (χ4v) is 4.55. The third kappa shape index (κ3) is 4.02. The number of halogens is 1. The molecule has 0 radical (unpaired) electrons. The van der Waals surface area contributed by atoms with E-state index in [0.717, 1.165) is 41.9 Å². The van der Waals surface area contributed by atoms with Gasteiger partial charge in [-0.1, -0.05) is 0 Å². The Hall–Kier alpha value is -1.30. The quantitative estimate of drug-likeness (QED) is 0.838. The lowest BCUT2D eigenvalue weighted by atomic mass is 9.86. The Balaban J connectivity index is 1.67. The van der Waals surface area contributed by atoms with Crippen molar-refractivity contribution < 1.29 is 9.50 Å². The van der Waals surface area contributed by atoms with Crippen LogP contribution in [0.2, 0.25) is 0 Å². The number of aryl methyl sites for hydroxylation is 1. The molecule has 1 saturated carbocycles. The molecule has 1 fully saturated rings. The number of aliphatic hydroxyl groups is 1. The van der Waals surface area contributed by atoms with Crippen molar-refractivity contribution in [1.82, 2.24) is 10.3 Å². The Labute approximate surface area is 147 Å². The van der Waals surface area contributed by atoms with Gasteiger partial charge in [-0.3, -0.25) is 0 Å². The Bertz CT molecular complexity index is 663. The zero-order valence-corrected chi connectivity index (χ0v) is 15.1. The van der Waals surface area contributed by atoms with Gasteiger partial charge in [0.15, 0.2) is 0 Å². The molecule has 3 nitrogen and oxygen atoms in total. The first-order chi connectivity index (χ1) is 11.6. The van der Waals surface area contributed by atoms with Crippen LogP contribution in [0, 0.1) is 18.7 Å². The Morgan fingerprint density at radius 1 is 1.25 bits per heavy atom. The molecule has 0 bridgehead atoms. The molecule has 1 aromatic heterocycles. The minimum atomic E-state index is -0.222. The van der Waals surface area contributed by atoms with E-state index in [1.54, 1.807) is 23.5 Å². The lowest BCUT2D eigenvalue weighted by Gasteiger charge is -2.30. The van der Waals surface area contributed by atoms with Crippen molar-refractivity contribution in [3.05, 3.63) is 40.7 Å². The highest BCUT2D eigenvalue weighted by Crippen LogP contribution is 2.33. The first-order valence-electron chi connectivity index (χ1n) is 8.67. The fourth-order valence-electron chi connectivity index (χ4n) is 3.47. The average molecular weight is 348 g/mol. The summed E-state index contributed by atoms with van der Waals surface area (Å²) in [5.41, 5.74) is 2.01. The maximum absolute atomic E-state index is 13.1. The lowest BCUT2D eigenvalue weighted by molar-refractivity contribution is 0.172. The third-order valence-corrected chi connectivity index (χ3v) is 6.30. The number of nitrogens with one attached hydrogen (secondary N) is 1. The Morgan fingerprint density at radius 2 is 1.92 bits per heavy atom. The summed E-state index contributed by atoms with van der Waals surface area (Å²) in [6.07, 6.45) is 4.45. The summed E-state index contributed by atoms with van der Waals surface area (Å²) in [4.78, 5) is 5.92. The maximum atomic E-state index is 13.1. The van der Waals surface area contributed by atoms with Gasteiger partial charge in [0.05, 0.1) is 5.69 Å². The van der Waals surface area contributed by atoms with Gasteiger partial charge in [-0.2, -0.15) is 0 Å². The highest BCUT2D eigenvalue weighted by atomic mass is 32.1. The van der Waals surface area contributed by atoms with Crippen LogP contribution in [-0.2, 0) is 0 Å². The van der Waals surface area contributed by atoms with Crippen LogP contribution in [0.25, 0.3) is 10.6 Å². The van der Waals surface area contributed by atoms with Crippen LogP contribution in [0.5, 0.6) is 0 Å². The standard InChI is InChI=1S/C19H25FN2OS/c1-12(21-17-9-3-14(11-23)4-10-17)18-13(2)22-19(24-18)15-5-7-16(20)8-6-15/h5-8,12,14,17,21,23H,3-4,9-11H2,1-2H3. The van der Waals surface area contributed by atoms with E-state index in [1.165, 1.54) is 17.0 Å². The van der Waals surface area contributed by atoms with Crippen molar-refractivity contribution in [1.29, 1.82) is 0 Å². The van der Waals surface area contributed by atoms with Crippen molar-refractivity contribution in [2.75, 3.05) is 6.61 Å². The van der Waals surface area contributed by atoms with E-state index >= 15 is 0 Å². The van der Waals surface area contributed by atoms with E-state index in [1.807, 2.05) is 6.92 Å². The van der Waals surface area contributed by atoms with E-state index in [-0.39, 0.29) is 11.9 Å². The molecule has 3 rings (SSSR count). The third-order valence-electron chi connectivity index (χ3n) is 4.91. The number of thiazole rings is 1. The molecule has 1 atom stereocenters. The molecule has 130 valence electrons. The average Bonchev–Trinajstić information content (AvgIpc) is 2.98. The van der Waals surface area contributed by atoms with E-state index in [9.17, 15) is 9.50 Å². The number of aromatic nitrogens is 1. The van der Waals surface area contributed by atoms with Gasteiger partial charge in [0, 0.05) is 29.1 Å². The van der Waals surface area contributed by atoms with Crippen LogP contribution in [0.3, 0.4) is 0 Å². The van der Waals surface area contributed by atoms with Gasteiger partial charge in [-0.05, 0) is 69.7 Å². The molecule has 1 aliphatic rings. The van der Waals surface area contributed by atoms with Crippen LogP contribution in [-0.4, -0.2) is 22.7 Å². The monoisotopic (exact) mass is 348 g/mol. The second kappa shape index (κ2) is 7.72. The minimum Gasteiger partial charge on any atom is -0.396 e. The molecule has 0 aliphatic heterocycles. The molecule has 2 aromatic rings. The molecule has 1 aromatic carbocycles. The summed E-state index contributed by atoms with van der Waals surface area (Å²) in [5.74, 6) is 0.259. The molecular weight excluding hydrogens is 323 g/mol. The summed E-state index contributed by atoms with van der Waals surface area (Å²) < 4.78 is 13.1. The van der Waals surface area contributed by atoms with E-state index < -0.39 is 0 Å². The molecule has 0 amide bonds. The number of hydrogen-bond donors (Lipinski definition) is 2. The fraction of sp³-hybridized carbons (Fsp3) is 0.526. The molecule has 0 saturated heterocycles. The molecule has 1 unspecified atom stereocenters.